The van der Waals surface area contributed by atoms with Crippen LogP contribution in [0.4, 0.5) is 0 Å². The van der Waals surface area contributed by atoms with Crippen molar-refractivity contribution in [3.63, 3.8) is 0 Å². The van der Waals surface area contributed by atoms with Gasteiger partial charge in [-0.25, -0.2) is 0 Å². The van der Waals surface area contributed by atoms with E-state index < -0.39 is 0 Å². The Bertz CT molecular complexity index is 333. The van der Waals surface area contributed by atoms with Crippen LogP contribution in [0.15, 0.2) is 24.3 Å². The predicted molar refractivity (Wildman–Crippen MR) is 69.2 cm³/mol. The number of rotatable bonds is 0. The maximum Gasteiger partial charge on any atom is 0.148 e. The topological polar surface area (TPSA) is 17.1 Å². The van der Waals surface area contributed by atoms with Gasteiger partial charge in [-0.2, -0.15) is 0 Å². The highest BCUT2D eigenvalue weighted by Crippen LogP contribution is 2.42. The fourth-order valence-electron chi connectivity index (χ4n) is 2.47. The zero-order valence-electron chi connectivity index (χ0n) is 11.4. The molecule has 0 heterocycles. The van der Waals surface area contributed by atoms with E-state index in [4.69, 9.17) is 0 Å². The van der Waals surface area contributed by atoms with Gasteiger partial charge in [0, 0.05) is 11.8 Å². The lowest BCUT2D eigenvalue weighted by molar-refractivity contribution is -0.130. The molecule has 16 heavy (non-hydrogen) atoms. The Balaban J connectivity index is 3.13. The molecule has 0 bridgehead atoms. The Kier molecular flexibility index (Phi) is 3.20. The van der Waals surface area contributed by atoms with Gasteiger partial charge in [-0.05, 0) is 16.4 Å². The Hall–Kier alpha value is -0.850. The van der Waals surface area contributed by atoms with Crippen molar-refractivity contribution in [1.29, 1.82) is 0 Å². The quantitative estimate of drug-likeness (QED) is 0.603. The van der Waals surface area contributed by atoms with E-state index in [9.17, 15) is 4.79 Å². The summed E-state index contributed by atoms with van der Waals surface area (Å²) in [6, 6.07) is 0. The van der Waals surface area contributed by atoms with Gasteiger partial charge >= 0.3 is 0 Å². The zero-order valence-corrected chi connectivity index (χ0v) is 11.4. The van der Waals surface area contributed by atoms with Gasteiger partial charge in [0.2, 0.25) is 0 Å². The van der Waals surface area contributed by atoms with E-state index in [0.29, 0.717) is 5.78 Å². The highest BCUT2D eigenvalue weighted by molar-refractivity contribution is 5.90. The number of carbonyl (C=O) groups is 1. The van der Waals surface area contributed by atoms with Crippen LogP contribution in [0.1, 0.15) is 41.5 Å². The van der Waals surface area contributed by atoms with Crippen LogP contribution < -0.4 is 0 Å². The highest BCUT2D eigenvalue weighted by atomic mass is 16.1. The summed E-state index contributed by atoms with van der Waals surface area (Å²) in [5.74, 6) is 0.302. The Morgan fingerprint density at radius 2 is 1.56 bits per heavy atom. The van der Waals surface area contributed by atoms with Gasteiger partial charge in [-0.3, -0.25) is 4.79 Å². The third-order valence-electron chi connectivity index (χ3n) is 3.26. The monoisotopic (exact) mass is 220 g/mol. The SMILES string of the molecule is C=C1C=CC(C(C)(C)C)C(=O)C1C(C)(C)C. The van der Waals surface area contributed by atoms with Crippen LogP contribution >= 0.6 is 0 Å². The third kappa shape index (κ3) is 2.45. The van der Waals surface area contributed by atoms with Crippen LogP contribution in [0.25, 0.3) is 0 Å². The lowest BCUT2D eigenvalue weighted by Crippen LogP contribution is -2.40. The molecule has 1 heteroatoms. The number of Topliss-reactive ketones (excluding diaryl/α,β-unsaturated/α-hetero) is 1. The molecule has 1 aliphatic carbocycles. The van der Waals surface area contributed by atoms with E-state index in [1.807, 2.05) is 12.2 Å². The molecule has 0 radical (unpaired) electrons. The number of allylic oxidation sites excluding steroid dienone is 3. The lowest BCUT2D eigenvalue weighted by Gasteiger charge is -2.39. The number of hydrogen-bond donors (Lipinski definition) is 0. The van der Waals surface area contributed by atoms with Crippen LogP contribution in [0.2, 0.25) is 0 Å². The Morgan fingerprint density at radius 1 is 1.06 bits per heavy atom. The van der Waals surface area contributed by atoms with Crippen molar-refractivity contribution in [1.82, 2.24) is 0 Å². The molecular weight excluding hydrogens is 196 g/mol. The molecule has 0 aromatic rings. The smallest absolute Gasteiger partial charge is 0.148 e. The average molecular weight is 220 g/mol. The maximum atomic E-state index is 12.5. The minimum Gasteiger partial charge on any atom is -0.298 e. The minimum atomic E-state index is -0.0401. The van der Waals surface area contributed by atoms with Crippen molar-refractivity contribution in [3.05, 3.63) is 24.3 Å². The summed E-state index contributed by atoms with van der Waals surface area (Å²) < 4.78 is 0. The van der Waals surface area contributed by atoms with Crippen molar-refractivity contribution >= 4 is 5.78 Å². The van der Waals surface area contributed by atoms with Gasteiger partial charge in [0.25, 0.3) is 0 Å². The number of carbonyl (C=O) groups excluding carboxylic acids is 1. The second-order valence-corrected chi connectivity index (χ2v) is 6.98. The molecule has 0 fully saturated rings. The van der Waals surface area contributed by atoms with Crippen molar-refractivity contribution in [3.8, 4) is 0 Å². The first kappa shape index (κ1) is 13.2. The summed E-state index contributed by atoms with van der Waals surface area (Å²) in [4.78, 5) is 12.5. The molecule has 1 aliphatic rings. The summed E-state index contributed by atoms with van der Waals surface area (Å²) >= 11 is 0. The van der Waals surface area contributed by atoms with Crippen molar-refractivity contribution in [2.45, 2.75) is 41.5 Å². The first-order valence-corrected chi connectivity index (χ1v) is 5.96. The average Bonchev–Trinajstić information content (AvgIpc) is 1.97. The molecule has 0 aromatic heterocycles. The van der Waals surface area contributed by atoms with Crippen LogP contribution in [0, 0.1) is 22.7 Å². The summed E-state index contributed by atoms with van der Waals surface area (Å²) in [6.07, 6.45) is 4.06. The predicted octanol–water partition coefficient (Wildman–Crippen LogP) is 4.01. The van der Waals surface area contributed by atoms with Gasteiger partial charge in [-0.1, -0.05) is 60.3 Å². The van der Waals surface area contributed by atoms with Crippen LogP contribution in [-0.2, 0) is 4.79 Å². The summed E-state index contributed by atoms with van der Waals surface area (Å²) in [7, 11) is 0. The van der Waals surface area contributed by atoms with E-state index in [0.717, 1.165) is 5.57 Å². The largest absolute Gasteiger partial charge is 0.298 e. The maximum absolute atomic E-state index is 12.5. The molecule has 0 aromatic carbocycles. The standard InChI is InChI=1S/C15H24O/c1-10-8-9-11(14(2,3)4)13(16)12(10)15(5,6)7/h8-9,11-12H,1H2,2-7H3. The zero-order chi connectivity index (χ0) is 12.7. The lowest BCUT2D eigenvalue weighted by atomic mass is 9.63. The molecule has 0 aliphatic heterocycles. The van der Waals surface area contributed by atoms with Gasteiger partial charge in [0.05, 0.1) is 0 Å². The van der Waals surface area contributed by atoms with Crippen molar-refractivity contribution < 1.29 is 4.79 Å². The van der Waals surface area contributed by atoms with E-state index in [1.165, 1.54) is 0 Å². The van der Waals surface area contributed by atoms with Crippen LogP contribution in [0.3, 0.4) is 0 Å². The van der Waals surface area contributed by atoms with E-state index >= 15 is 0 Å². The molecule has 0 saturated carbocycles. The second-order valence-electron chi connectivity index (χ2n) is 6.98. The van der Waals surface area contributed by atoms with Crippen LogP contribution in [0.5, 0.6) is 0 Å². The van der Waals surface area contributed by atoms with Crippen molar-refractivity contribution in [2.24, 2.45) is 22.7 Å². The highest BCUT2D eigenvalue weighted by Gasteiger charge is 2.42. The third-order valence-corrected chi connectivity index (χ3v) is 3.26. The Labute approximate surface area is 99.6 Å². The first-order chi connectivity index (χ1) is 7.05. The van der Waals surface area contributed by atoms with Gasteiger partial charge < -0.3 is 0 Å². The fraction of sp³-hybridized carbons (Fsp3) is 0.667. The molecule has 0 N–H and O–H groups in total. The first-order valence-electron chi connectivity index (χ1n) is 5.96. The molecule has 0 saturated heterocycles. The molecule has 0 spiro atoms. The summed E-state index contributed by atoms with van der Waals surface area (Å²) in [5, 5.41) is 0. The van der Waals surface area contributed by atoms with E-state index in [-0.39, 0.29) is 22.7 Å². The van der Waals surface area contributed by atoms with E-state index in [1.54, 1.807) is 0 Å². The fourth-order valence-corrected chi connectivity index (χ4v) is 2.47. The normalized spacial score (nSPS) is 27.4. The summed E-state index contributed by atoms with van der Waals surface area (Å²) in [5.41, 5.74) is 0.915. The summed E-state index contributed by atoms with van der Waals surface area (Å²) in [6.45, 7) is 16.7. The van der Waals surface area contributed by atoms with Gasteiger partial charge in [0.1, 0.15) is 5.78 Å². The molecule has 1 nitrogen and oxygen atoms in total. The molecule has 0 amide bonds. The minimum absolute atomic E-state index is 0.00220. The molecule has 2 unspecified atom stereocenters. The second kappa shape index (κ2) is 3.87. The Morgan fingerprint density at radius 3 is 1.94 bits per heavy atom. The molecule has 1 rings (SSSR count). The number of ketones is 1. The van der Waals surface area contributed by atoms with Gasteiger partial charge in [-0.15, -0.1) is 0 Å². The van der Waals surface area contributed by atoms with E-state index in [2.05, 4.69) is 48.1 Å². The molecule has 2 atom stereocenters. The molecule has 90 valence electrons. The number of hydrogen-bond acceptors (Lipinski definition) is 1. The van der Waals surface area contributed by atoms with Crippen LogP contribution in [-0.4, -0.2) is 5.78 Å². The molecular formula is C15H24O. The van der Waals surface area contributed by atoms with Crippen molar-refractivity contribution in [2.75, 3.05) is 0 Å². The van der Waals surface area contributed by atoms with Gasteiger partial charge in [0.15, 0.2) is 0 Å².